The summed E-state index contributed by atoms with van der Waals surface area (Å²) >= 11 is 0. The monoisotopic (exact) mass is 221 g/mol. The first-order chi connectivity index (χ1) is 7.72. The van der Waals surface area contributed by atoms with E-state index in [1.807, 2.05) is 12.1 Å². The fourth-order valence-electron chi connectivity index (χ4n) is 2.89. The predicted octanol–water partition coefficient (Wildman–Crippen LogP) is 3.58. The summed E-state index contributed by atoms with van der Waals surface area (Å²) in [4.78, 5) is 0. The fourth-order valence-corrected chi connectivity index (χ4v) is 2.89. The van der Waals surface area contributed by atoms with Crippen LogP contribution in [-0.4, -0.2) is 0 Å². The molecule has 2 atom stereocenters. The van der Waals surface area contributed by atoms with Crippen molar-refractivity contribution >= 4 is 0 Å². The smallest absolute Gasteiger partial charge is 0.127 e. The minimum absolute atomic E-state index is 0.141. The molecule has 0 saturated heterocycles. The van der Waals surface area contributed by atoms with Crippen LogP contribution in [0.1, 0.15) is 49.7 Å². The van der Waals surface area contributed by atoms with Crippen molar-refractivity contribution in [3.05, 3.63) is 35.1 Å². The third kappa shape index (κ3) is 2.27. The summed E-state index contributed by atoms with van der Waals surface area (Å²) in [5, 5.41) is 0. The number of hydrogen-bond donors (Lipinski definition) is 1. The molecule has 2 rings (SSSR count). The Morgan fingerprint density at radius 1 is 1.38 bits per heavy atom. The molecular formula is C14H20FN. The van der Waals surface area contributed by atoms with Gasteiger partial charge in [-0.25, -0.2) is 4.39 Å². The van der Waals surface area contributed by atoms with Crippen molar-refractivity contribution in [2.75, 3.05) is 0 Å². The van der Waals surface area contributed by atoms with Gasteiger partial charge in [-0.05, 0) is 36.3 Å². The quantitative estimate of drug-likeness (QED) is 0.811. The first-order valence-corrected chi connectivity index (χ1v) is 6.19. The van der Waals surface area contributed by atoms with Crippen molar-refractivity contribution in [3.63, 3.8) is 0 Å². The zero-order valence-corrected chi connectivity index (χ0v) is 9.88. The highest BCUT2D eigenvalue weighted by atomic mass is 19.1. The summed E-state index contributed by atoms with van der Waals surface area (Å²) < 4.78 is 13.6. The maximum atomic E-state index is 13.6. The Balaban J connectivity index is 2.28. The zero-order valence-electron chi connectivity index (χ0n) is 9.88. The molecule has 1 nitrogen and oxygen atoms in total. The topological polar surface area (TPSA) is 26.0 Å². The summed E-state index contributed by atoms with van der Waals surface area (Å²) in [6.07, 6.45) is 4.92. The van der Waals surface area contributed by atoms with E-state index >= 15 is 0 Å². The van der Waals surface area contributed by atoms with E-state index in [1.54, 1.807) is 0 Å². The molecule has 1 aliphatic carbocycles. The lowest BCUT2D eigenvalue weighted by Crippen LogP contribution is -2.15. The highest BCUT2D eigenvalue weighted by molar-refractivity contribution is 5.32. The number of benzene rings is 1. The van der Waals surface area contributed by atoms with E-state index in [-0.39, 0.29) is 5.82 Å². The second kappa shape index (κ2) is 4.96. The molecular weight excluding hydrogens is 201 g/mol. The van der Waals surface area contributed by atoms with Crippen molar-refractivity contribution in [1.29, 1.82) is 0 Å². The molecule has 2 heteroatoms. The summed E-state index contributed by atoms with van der Waals surface area (Å²) in [7, 11) is 0. The highest BCUT2D eigenvalue weighted by Crippen LogP contribution is 2.37. The van der Waals surface area contributed by atoms with Crippen LogP contribution in [0.2, 0.25) is 0 Å². The number of halogens is 1. The molecule has 1 unspecified atom stereocenters. The van der Waals surface area contributed by atoms with Gasteiger partial charge in [-0.3, -0.25) is 0 Å². The first-order valence-electron chi connectivity index (χ1n) is 6.19. The molecule has 0 spiro atoms. The third-order valence-corrected chi connectivity index (χ3v) is 3.74. The third-order valence-electron chi connectivity index (χ3n) is 3.74. The Morgan fingerprint density at radius 3 is 2.88 bits per heavy atom. The average molecular weight is 221 g/mol. The fraction of sp³-hybridized carbons (Fsp3) is 0.571. The molecule has 1 aromatic carbocycles. The first kappa shape index (κ1) is 11.6. The largest absolute Gasteiger partial charge is 0.326 e. The van der Waals surface area contributed by atoms with Gasteiger partial charge in [0.2, 0.25) is 0 Å². The number of nitrogens with two attached hydrogens (primary N) is 1. The van der Waals surface area contributed by atoms with E-state index in [9.17, 15) is 4.39 Å². The normalized spacial score (nSPS) is 25.7. The molecule has 0 radical (unpaired) electrons. The van der Waals surface area contributed by atoms with Crippen LogP contribution >= 0.6 is 0 Å². The van der Waals surface area contributed by atoms with E-state index in [2.05, 4.69) is 6.92 Å². The van der Waals surface area contributed by atoms with Gasteiger partial charge in [-0.1, -0.05) is 31.9 Å². The van der Waals surface area contributed by atoms with E-state index in [0.29, 0.717) is 12.5 Å². The van der Waals surface area contributed by atoms with Gasteiger partial charge in [0, 0.05) is 12.1 Å². The lowest BCUT2D eigenvalue weighted by Gasteiger charge is -2.28. The average Bonchev–Trinajstić information content (AvgIpc) is 2.28. The van der Waals surface area contributed by atoms with Gasteiger partial charge < -0.3 is 5.73 Å². The van der Waals surface area contributed by atoms with Gasteiger partial charge in [0.1, 0.15) is 5.82 Å². The van der Waals surface area contributed by atoms with Crippen molar-refractivity contribution in [2.45, 2.75) is 45.1 Å². The van der Waals surface area contributed by atoms with Gasteiger partial charge in [-0.15, -0.1) is 0 Å². The van der Waals surface area contributed by atoms with Crippen LogP contribution in [0.3, 0.4) is 0 Å². The maximum Gasteiger partial charge on any atom is 0.127 e. The molecule has 0 aliphatic heterocycles. The molecule has 0 aromatic heterocycles. The number of rotatable bonds is 2. The predicted molar refractivity (Wildman–Crippen MR) is 64.7 cm³/mol. The molecule has 1 aromatic rings. The second-order valence-electron chi connectivity index (χ2n) is 4.98. The minimum Gasteiger partial charge on any atom is -0.326 e. The van der Waals surface area contributed by atoms with Crippen LogP contribution in [0.15, 0.2) is 18.2 Å². The summed E-state index contributed by atoms with van der Waals surface area (Å²) in [6.45, 7) is 2.60. The molecule has 2 N–H and O–H groups in total. The Bertz CT molecular complexity index is 362. The van der Waals surface area contributed by atoms with Crippen LogP contribution in [0.5, 0.6) is 0 Å². The van der Waals surface area contributed by atoms with Gasteiger partial charge in [0.05, 0.1) is 0 Å². The summed E-state index contributed by atoms with van der Waals surface area (Å²) in [5.41, 5.74) is 7.52. The van der Waals surface area contributed by atoms with Gasteiger partial charge in [-0.2, -0.15) is 0 Å². The molecule has 0 amide bonds. The summed E-state index contributed by atoms with van der Waals surface area (Å²) in [6, 6.07) is 5.37. The molecule has 88 valence electrons. The van der Waals surface area contributed by atoms with Crippen molar-refractivity contribution in [2.24, 2.45) is 11.7 Å². The molecule has 16 heavy (non-hydrogen) atoms. The SMILES string of the molecule is C[C@@H]1CCCC(c2cccc(F)c2CN)C1. The van der Waals surface area contributed by atoms with Crippen molar-refractivity contribution in [3.8, 4) is 0 Å². The van der Waals surface area contributed by atoms with E-state index < -0.39 is 0 Å². The van der Waals surface area contributed by atoms with Crippen molar-refractivity contribution in [1.82, 2.24) is 0 Å². The highest BCUT2D eigenvalue weighted by Gasteiger charge is 2.23. The number of hydrogen-bond acceptors (Lipinski definition) is 1. The second-order valence-corrected chi connectivity index (χ2v) is 4.98. The van der Waals surface area contributed by atoms with Crippen LogP contribution in [0.25, 0.3) is 0 Å². The zero-order chi connectivity index (χ0) is 11.5. The van der Waals surface area contributed by atoms with Crippen LogP contribution in [0, 0.1) is 11.7 Å². The molecule has 1 saturated carbocycles. The molecule has 1 aliphatic rings. The summed E-state index contributed by atoms with van der Waals surface area (Å²) in [5.74, 6) is 1.13. The lowest BCUT2D eigenvalue weighted by atomic mass is 9.77. The van der Waals surface area contributed by atoms with Crippen LogP contribution < -0.4 is 5.73 Å². The van der Waals surface area contributed by atoms with E-state index in [0.717, 1.165) is 17.0 Å². The van der Waals surface area contributed by atoms with Gasteiger partial charge >= 0.3 is 0 Å². The van der Waals surface area contributed by atoms with Crippen molar-refractivity contribution < 1.29 is 4.39 Å². The van der Waals surface area contributed by atoms with E-state index in [1.165, 1.54) is 31.7 Å². The lowest BCUT2D eigenvalue weighted by molar-refractivity contribution is 0.342. The van der Waals surface area contributed by atoms with E-state index in [4.69, 9.17) is 5.73 Å². The molecule has 0 bridgehead atoms. The Kier molecular flexibility index (Phi) is 3.59. The van der Waals surface area contributed by atoms with Crippen LogP contribution in [0.4, 0.5) is 4.39 Å². The van der Waals surface area contributed by atoms with Gasteiger partial charge in [0.25, 0.3) is 0 Å². The van der Waals surface area contributed by atoms with Crippen LogP contribution in [-0.2, 0) is 6.54 Å². The Hall–Kier alpha value is -0.890. The Labute approximate surface area is 96.9 Å². The maximum absolute atomic E-state index is 13.6. The Morgan fingerprint density at radius 2 is 2.19 bits per heavy atom. The minimum atomic E-state index is -0.141. The molecule has 1 fully saturated rings. The standard InChI is InChI=1S/C14H20FN/c1-10-4-2-5-11(8-10)12-6-3-7-14(15)13(12)9-16/h3,6-7,10-11H,2,4-5,8-9,16H2,1H3/t10-,11?/m1/s1. The molecule has 0 heterocycles. The van der Waals surface area contributed by atoms with Gasteiger partial charge in [0.15, 0.2) is 0 Å².